The number of rotatable bonds is 2. The minimum Gasteiger partial charge on any atom is -0.324 e. The summed E-state index contributed by atoms with van der Waals surface area (Å²) in [7, 11) is 0. The van der Waals surface area contributed by atoms with E-state index in [0.29, 0.717) is 0 Å². The molecule has 1 rings (SSSR count). The third kappa shape index (κ3) is 1.84. The molecule has 3 heteroatoms. The van der Waals surface area contributed by atoms with Crippen LogP contribution in [-0.2, 0) is 0 Å². The minimum atomic E-state index is 0.00287. The van der Waals surface area contributed by atoms with Gasteiger partial charge in [-0.1, -0.05) is 18.2 Å². The van der Waals surface area contributed by atoms with Crippen molar-refractivity contribution in [1.29, 1.82) is 0 Å². The van der Waals surface area contributed by atoms with E-state index < -0.39 is 0 Å². The van der Waals surface area contributed by atoms with E-state index in [0.717, 1.165) is 14.7 Å². The molecular formula is C9H10INO. The second-order valence-corrected chi connectivity index (χ2v) is 3.64. The topological polar surface area (TPSA) is 43.1 Å². The highest BCUT2D eigenvalue weighted by Crippen LogP contribution is 2.16. The lowest BCUT2D eigenvalue weighted by molar-refractivity contribution is 0.100. The summed E-state index contributed by atoms with van der Waals surface area (Å²) < 4.78 is 1.01. The Balaban J connectivity index is 3.16. The van der Waals surface area contributed by atoms with Crippen LogP contribution in [0, 0.1) is 10.5 Å². The van der Waals surface area contributed by atoms with Gasteiger partial charge in [-0.25, -0.2) is 0 Å². The minimum absolute atomic E-state index is 0.00287. The summed E-state index contributed by atoms with van der Waals surface area (Å²) in [6, 6.07) is 5.67. The van der Waals surface area contributed by atoms with Gasteiger partial charge >= 0.3 is 0 Å². The second-order valence-electron chi connectivity index (χ2n) is 2.56. The normalized spacial score (nSPS) is 9.92. The molecule has 0 amide bonds. The molecule has 0 aliphatic heterocycles. The Bertz CT molecular complexity index is 309. The summed E-state index contributed by atoms with van der Waals surface area (Å²) in [5.74, 6) is 0.00287. The van der Waals surface area contributed by atoms with Gasteiger partial charge in [-0.3, -0.25) is 4.79 Å². The highest BCUT2D eigenvalue weighted by molar-refractivity contribution is 14.1. The monoisotopic (exact) mass is 275 g/mol. The van der Waals surface area contributed by atoms with Crippen LogP contribution in [0.2, 0.25) is 0 Å². The van der Waals surface area contributed by atoms with Gasteiger partial charge in [0.25, 0.3) is 0 Å². The first-order valence-corrected chi connectivity index (χ1v) is 4.73. The number of carbonyl (C=O) groups is 1. The summed E-state index contributed by atoms with van der Waals surface area (Å²) in [5.41, 5.74) is 7.12. The van der Waals surface area contributed by atoms with E-state index in [4.69, 9.17) is 5.73 Å². The molecule has 0 saturated carbocycles. The first kappa shape index (κ1) is 9.67. The van der Waals surface area contributed by atoms with Crippen molar-refractivity contribution < 1.29 is 4.79 Å². The molecule has 2 nitrogen and oxygen atoms in total. The molecule has 1 aromatic carbocycles. The third-order valence-electron chi connectivity index (χ3n) is 1.68. The Morgan fingerprint density at radius 3 is 2.83 bits per heavy atom. The maximum absolute atomic E-state index is 11.3. The number of benzene rings is 1. The van der Waals surface area contributed by atoms with Gasteiger partial charge in [-0.05, 0) is 35.1 Å². The summed E-state index contributed by atoms with van der Waals surface area (Å²) in [6.07, 6.45) is 0. The molecular weight excluding hydrogens is 265 g/mol. The summed E-state index contributed by atoms with van der Waals surface area (Å²) in [6.45, 7) is 2.06. The van der Waals surface area contributed by atoms with Crippen molar-refractivity contribution in [3.8, 4) is 0 Å². The number of nitrogens with two attached hydrogens (primary N) is 1. The molecule has 0 aliphatic carbocycles. The smallest absolute Gasteiger partial charge is 0.177 e. The highest BCUT2D eigenvalue weighted by atomic mass is 127. The van der Waals surface area contributed by atoms with Crippen molar-refractivity contribution >= 4 is 28.4 Å². The zero-order chi connectivity index (χ0) is 9.14. The summed E-state index contributed by atoms with van der Waals surface area (Å²) in [5, 5.41) is 0. The van der Waals surface area contributed by atoms with Gasteiger partial charge in [0.15, 0.2) is 5.78 Å². The van der Waals surface area contributed by atoms with Gasteiger partial charge in [0, 0.05) is 9.13 Å². The Hall–Kier alpha value is -0.420. The fourth-order valence-electron chi connectivity index (χ4n) is 0.973. The molecule has 64 valence electrons. The zero-order valence-electron chi connectivity index (χ0n) is 6.80. The lowest BCUT2D eigenvalue weighted by Crippen LogP contribution is -2.15. The van der Waals surface area contributed by atoms with E-state index in [1.54, 1.807) is 0 Å². The van der Waals surface area contributed by atoms with Gasteiger partial charge < -0.3 is 5.73 Å². The van der Waals surface area contributed by atoms with Crippen LogP contribution in [0.4, 0.5) is 0 Å². The second kappa shape index (κ2) is 4.00. The SMILES string of the molecule is Cc1cccc(C(=O)CN)c1I. The van der Waals surface area contributed by atoms with Crippen LogP contribution in [0.5, 0.6) is 0 Å². The van der Waals surface area contributed by atoms with E-state index in [1.165, 1.54) is 0 Å². The fourth-order valence-corrected chi connectivity index (χ4v) is 1.63. The summed E-state index contributed by atoms with van der Waals surface area (Å²) >= 11 is 2.17. The molecule has 12 heavy (non-hydrogen) atoms. The standard InChI is InChI=1S/C9H10INO/c1-6-3-2-4-7(9(6)10)8(12)5-11/h2-4H,5,11H2,1H3. The van der Waals surface area contributed by atoms with Crippen LogP contribution in [0.15, 0.2) is 18.2 Å². The lowest BCUT2D eigenvalue weighted by atomic mass is 10.1. The highest BCUT2D eigenvalue weighted by Gasteiger charge is 2.08. The van der Waals surface area contributed by atoms with Gasteiger partial charge in [0.2, 0.25) is 0 Å². The molecule has 0 saturated heterocycles. The molecule has 0 radical (unpaired) electrons. The fraction of sp³-hybridized carbons (Fsp3) is 0.222. The molecule has 0 bridgehead atoms. The van der Waals surface area contributed by atoms with Gasteiger partial charge in [0.05, 0.1) is 6.54 Å². The maximum atomic E-state index is 11.3. The lowest BCUT2D eigenvalue weighted by Gasteiger charge is -2.03. The van der Waals surface area contributed by atoms with E-state index in [2.05, 4.69) is 22.6 Å². The van der Waals surface area contributed by atoms with Crippen molar-refractivity contribution in [3.05, 3.63) is 32.9 Å². The third-order valence-corrected chi connectivity index (χ3v) is 3.11. The number of carbonyl (C=O) groups excluding carboxylic acids is 1. The van der Waals surface area contributed by atoms with Crippen molar-refractivity contribution in [1.82, 2.24) is 0 Å². The van der Waals surface area contributed by atoms with E-state index >= 15 is 0 Å². The molecule has 0 aromatic heterocycles. The number of ketones is 1. The predicted molar refractivity (Wildman–Crippen MR) is 57.3 cm³/mol. The van der Waals surface area contributed by atoms with E-state index in [1.807, 2.05) is 25.1 Å². The Kier molecular flexibility index (Phi) is 3.22. The number of Topliss-reactive ketones (excluding diaryl/α,β-unsaturated/α-hetero) is 1. The largest absolute Gasteiger partial charge is 0.324 e. The van der Waals surface area contributed by atoms with Crippen LogP contribution in [0.25, 0.3) is 0 Å². The molecule has 1 aromatic rings. The van der Waals surface area contributed by atoms with Crippen LogP contribution < -0.4 is 5.73 Å². The van der Waals surface area contributed by atoms with Crippen molar-refractivity contribution in [2.45, 2.75) is 6.92 Å². The number of halogens is 1. The first-order chi connectivity index (χ1) is 5.66. The zero-order valence-corrected chi connectivity index (χ0v) is 8.96. The Morgan fingerprint density at radius 1 is 1.58 bits per heavy atom. The van der Waals surface area contributed by atoms with Gasteiger partial charge in [-0.2, -0.15) is 0 Å². The van der Waals surface area contributed by atoms with E-state index in [9.17, 15) is 4.79 Å². The molecule has 0 aliphatic rings. The van der Waals surface area contributed by atoms with E-state index in [-0.39, 0.29) is 12.3 Å². The molecule has 0 heterocycles. The number of hydrogen-bond acceptors (Lipinski definition) is 2. The average molecular weight is 275 g/mol. The molecule has 0 fully saturated rings. The van der Waals surface area contributed by atoms with Gasteiger partial charge in [-0.15, -0.1) is 0 Å². The molecule has 2 N–H and O–H groups in total. The average Bonchev–Trinajstić information content (AvgIpc) is 2.08. The molecule has 0 spiro atoms. The van der Waals surface area contributed by atoms with Crippen molar-refractivity contribution in [2.24, 2.45) is 5.73 Å². The molecule has 0 atom stereocenters. The Morgan fingerprint density at radius 2 is 2.25 bits per heavy atom. The van der Waals surface area contributed by atoms with Crippen LogP contribution >= 0.6 is 22.6 Å². The number of aryl methyl sites for hydroxylation is 1. The van der Waals surface area contributed by atoms with Crippen molar-refractivity contribution in [2.75, 3.05) is 6.54 Å². The Labute approximate surface area is 85.3 Å². The molecule has 0 unspecified atom stereocenters. The predicted octanol–water partition coefficient (Wildman–Crippen LogP) is 1.74. The quantitative estimate of drug-likeness (QED) is 0.660. The van der Waals surface area contributed by atoms with Gasteiger partial charge in [0.1, 0.15) is 0 Å². The maximum Gasteiger partial charge on any atom is 0.177 e. The van der Waals surface area contributed by atoms with Crippen LogP contribution in [0.3, 0.4) is 0 Å². The van der Waals surface area contributed by atoms with Crippen LogP contribution in [-0.4, -0.2) is 12.3 Å². The van der Waals surface area contributed by atoms with Crippen LogP contribution in [0.1, 0.15) is 15.9 Å². The first-order valence-electron chi connectivity index (χ1n) is 3.65. The van der Waals surface area contributed by atoms with Crippen molar-refractivity contribution in [3.63, 3.8) is 0 Å². The number of hydrogen-bond donors (Lipinski definition) is 1. The summed E-state index contributed by atoms with van der Waals surface area (Å²) in [4.78, 5) is 11.3.